The summed E-state index contributed by atoms with van der Waals surface area (Å²) in [6.07, 6.45) is 4.15. The van der Waals surface area contributed by atoms with E-state index in [0.29, 0.717) is 23.1 Å². The summed E-state index contributed by atoms with van der Waals surface area (Å²) in [5.74, 6) is 2.59. The Morgan fingerprint density at radius 3 is 2.68 bits per heavy atom. The molecule has 1 aromatic heterocycles. The molecular formula is C19H22N2O4. The number of hydrogen-bond donors (Lipinski definition) is 0. The molecule has 2 fully saturated rings. The normalized spacial score (nSPS) is 19.9. The van der Waals surface area contributed by atoms with Crippen LogP contribution in [0.1, 0.15) is 59.5 Å². The van der Waals surface area contributed by atoms with Gasteiger partial charge in [-0.2, -0.15) is 0 Å². The van der Waals surface area contributed by atoms with E-state index in [2.05, 4.69) is 5.16 Å². The first-order valence-corrected chi connectivity index (χ1v) is 8.70. The van der Waals surface area contributed by atoms with Gasteiger partial charge >= 0.3 is 0 Å². The highest BCUT2D eigenvalue weighted by molar-refractivity contribution is 5.92. The van der Waals surface area contributed by atoms with Gasteiger partial charge in [-0.1, -0.05) is 11.2 Å². The van der Waals surface area contributed by atoms with Crippen LogP contribution >= 0.6 is 0 Å². The van der Waals surface area contributed by atoms with Crippen LogP contribution in [0, 0.1) is 0 Å². The first kappa shape index (κ1) is 16.0. The molecule has 1 aliphatic heterocycles. The first-order chi connectivity index (χ1) is 12.2. The smallest absolute Gasteiger partial charge is 0.276 e. The van der Waals surface area contributed by atoms with Crippen molar-refractivity contribution in [1.82, 2.24) is 10.1 Å². The predicted molar refractivity (Wildman–Crippen MR) is 91.0 cm³/mol. The number of hydrogen-bond acceptors (Lipinski definition) is 5. The van der Waals surface area contributed by atoms with Crippen molar-refractivity contribution in [3.63, 3.8) is 0 Å². The molecule has 2 aromatic rings. The monoisotopic (exact) mass is 342 g/mol. The fraction of sp³-hybridized carbons (Fsp3) is 0.474. The lowest BCUT2D eigenvalue weighted by molar-refractivity contribution is 0.0725. The van der Waals surface area contributed by atoms with Crippen molar-refractivity contribution in [1.29, 1.82) is 0 Å². The van der Waals surface area contributed by atoms with E-state index in [-0.39, 0.29) is 11.9 Å². The fourth-order valence-corrected chi connectivity index (χ4v) is 3.51. The average molecular weight is 342 g/mol. The SMILES string of the molecule is COc1ccc(C2CCCN2C(=O)c2cc(C3CC3)on2)cc1OC. The number of rotatable bonds is 5. The zero-order chi connectivity index (χ0) is 17.4. The van der Waals surface area contributed by atoms with E-state index in [9.17, 15) is 4.79 Å². The molecule has 1 saturated heterocycles. The maximum atomic E-state index is 12.9. The minimum absolute atomic E-state index is 0.0216. The second kappa shape index (κ2) is 6.43. The van der Waals surface area contributed by atoms with Crippen LogP contribution in [0.3, 0.4) is 0 Å². The number of carbonyl (C=O) groups excluding carboxylic acids is 1. The van der Waals surface area contributed by atoms with Crippen molar-refractivity contribution >= 4 is 5.91 Å². The molecule has 6 heteroatoms. The maximum absolute atomic E-state index is 12.9. The molecule has 2 heterocycles. The van der Waals surface area contributed by atoms with Gasteiger partial charge < -0.3 is 18.9 Å². The van der Waals surface area contributed by atoms with Gasteiger partial charge in [0.1, 0.15) is 5.76 Å². The fourth-order valence-electron chi connectivity index (χ4n) is 3.51. The van der Waals surface area contributed by atoms with E-state index in [1.54, 1.807) is 14.2 Å². The van der Waals surface area contributed by atoms with Crippen LogP contribution in [0.5, 0.6) is 11.5 Å². The van der Waals surface area contributed by atoms with Crippen molar-refractivity contribution in [2.24, 2.45) is 0 Å². The molecule has 1 aromatic carbocycles. The van der Waals surface area contributed by atoms with Crippen molar-refractivity contribution in [3.8, 4) is 11.5 Å². The van der Waals surface area contributed by atoms with Gasteiger partial charge in [0.25, 0.3) is 5.91 Å². The van der Waals surface area contributed by atoms with Crippen LogP contribution in [0.25, 0.3) is 0 Å². The van der Waals surface area contributed by atoms with Gasteiger partial charge in [-0.3, -0.25) is 4.79 Å². The number of likely N-dealkylation sites (tertiary alicyclic amines) is 1. The molecule has 1 unspecified atom stereocenters. The molecule has 2 aliphatic rings. The molecule has 0 radical (unpaired) electrons. The first-order valence-electron chi connectivity index (χ1n) is 8.70. The summed E-state index contributed by atoms with van der Waals surface area (Å²) in [5.41, 5.74) is 1.46. The maximum Gasteiger partial charge on any atom is 0.276 e. The van der Waals surface area contributed by atoms with Gasteiger partial charge in [-0.25, -0.2) is 0 Å². The lowest BCUT2D eigenvalue weighted by atomic mass is 10.0. The topological polar surface area (TPSA) is 64.8 Å². The third-order valence-corrected chi connectivity index (χ3v) is 5.03. The van der Waals surface area contributed by atoms with Gasteiger partial charge in [0.2, 0.25) is 0 Å². The van der Waals surface area contributed by atoms with Gasteiger partial charge in [-0.05, 0) is 43.4 Å². The minimum Gasteiger partial charge on any atom is -0.493 e. The standard InChI is InChI=1S/C19H22N2O4/c1-23-16-8-7-13(10-18(16)24-2)15-4-3-9-21(15)19(22)14-11-17(25-20-14)12-5-6-12/h7-8,10-12,15H,3-6,9H2,1-2H3. The van der Waals surface area contributed by atoms with Gasteiger partial charge in [0.15, 0.2) is 17.2 Å². The summed E-state index contributed by atoms with van der Waals surface area (Å²) in [6, 6.07) is 7.66. The third kappa shape index (κ3) is 2.97. The number of benzene rings is 1. The minimum atomic E-state index is -0.0621. The van der Waals surface area contributed by atoms with E-state index < -0.39 is 0 Å². The largest absolute Gasteiger partial charge is 0.493 e. The van der Waals surface area contributed by atoms with Gasteiger partial charge in [0, 0.05) is 18.5 Å². The number of aromatic nitrogens is 1. The summed E-state index contributed by atoms with van der Waals surface area (Å²) in [7, 11) is 3.24. The summed E-state index contributed by atoms with van der Waals surface area (Å²) in [5, 5.41) is 4.00. The van der Waals surface area contributed by atoms with E-state index in [1.165, 1.54) is 0 Å². The highest BCUT2D eigenvalue weighted by Crippen LogP contribution is 2.41. The zero-order valence-corrected chi connectivity index (χ0v) is 14.5. The Morgan fingerprint density at radius 2 is 1.96 bits per heavy atom. The van der Waals surface area contributed by atoms with Crippen LogP contribution in [0.4, 0.5) is 0 Å². The molecule has 1 atom stereocenters. The predicted octanol–water partition coefficient (Wildman–Crippen LogP) is 3.55. The molecule has 25 heavy (non-hydrogen) atoms. The van der Waals surface area contributed by atoms with Crippen LogP contribution in [0.15, 0.2) is 28.8 Å². The van der Waals surface area contributed by atoms with Crippen LogP contribution in [-0.4, -0.2) is 36.7 Å². The number of ether oxygens (including phenoxy) is 2. The molecule has 1 saturated carbocycles. The number of amides is 1. The summed E-state index contributed by atoms with van der Waals surface area (Å²) >= 11 is 0. The lowest BCUT2D eigenvalue weighted by Gasteiger charge is -2.24. The van der Waals surface area contributed by atoms with Crippen LogP contribution < -0.4 is 9.47 Å². The van der Waals surface area contributed by atoms with Crippen LogP contribution in [-0.2, 0) is 0 Å². The Labute approximate surface area is 146 Å². The molecular weight excluding hydrogens is 320 g/mol. The van der Waals surface area contributed by atoms with E-state index in [0.717, 1.165) is 43.6 Å². The van der Waals surface area contributed by atoms with Gasteiger partial charge in [0.05, 0.1) is 20.3 Å². The van der Waals surface area contributed by atoms with Gasteiger partial charge in [-0.15, -0.1) is 0 Å². The molecule has 0 spiro atoms. The zero-order valence-electron chi connectivity index (χ0n) is 14.5. The van der Waals surface area contributed by atoms with Crippen LogP contribution in [0.2, 0.25) is 0 Å². The molecule has 1 aliphatic carbocycles. The van der Waals surface area contributed by atoms with E-state index in [4.69, 9.17) is 14.0 Å². The lowest BCUT2D eigenvalue weighted by Crippen LogP contribution is -2.30. The van der Waals surface area contributed by atoms with Crippen molar-refractivity contribution in [3.05, 3.63) is 41.3 Å². The quantitative estimate of drug-likeness (QED) is 0.831. The highest BCUT2D eigenvalue weighted by Gasteiger charge is 2.34. The summed E-state index contributed by atoms with van der Waals surface area (Å²) in [6.45, 7) is 0.726. The Kier molecular flexibility index (Phi) is 4.11. The molecule has 0 bridgehead atoms. The average Bonchev–Trinajstić information content (AvgIpc) is 3.19. The second-order valence-electron chi connectivity index (χ2n) is 6.66. The molecule has 132 valence electrons. The van der Waals surface area contributed by atoms with Crippen molar-refractivity contribution in [2.45, 2.75) is 37.6 Å². The summed E-state index contributed by atoms with van der Waals surface area (Å²) < 4.78 is 16.0. The van der Waals surface area contributed by atoms with Crippen molar-refractivity contribution in [2.75, 3.05) is 20.8 Å². The molecule has 6 nitrogen and oxygen atoms in total. The third-order valence-electron chi connectivity index (χ3n) is 5.03. The summed E-state index contributed by atoms with van der Waals surface area (Å²) in [4.78, 5) is 14.8. The Balaban J connectivity index is 1.58. The number of nitrogens with zero attached hydrogens (tertiary/aromatic N) is 2. The second-order valence-corrected chi connectivity index (χ2v) is 6.66. The Morgan fingerprint density at radius 1 is 1.16 bits per heavy atom. The number of carbonyl (C=O) groups is 1. The molecule has 0 N–H and O–H groups in total. The Bertz CT molecular complexity index is 781. The Hall–Kier alpha value is -2.50. The van der Waals surface area contributed by atoms with Crippen molar-refractivity contribution < 1.29 is 18.8 Å². The molecule has 4 rings (SSSR count). The van der Waals surface area contributed by atoms with E-state index in [1.807, 2.05) is 29.2 Å². The van der Waals surface area contributed by atoms with E-state index >= 15 is 0 Å². The number of methoxy groups -OCH3 is 2. The molecule has 1 amide bonds. The highest BCUT2D eigenvalue weighted by atomic mass is 16.5.